The number of halogens is 1. The Morgan fingerprint density at radius 2 is 1.77 bits per heavy atom. The molecule has 1 fully saturated rings. The number of carbonyl (C=O) groups excluding carboxylic acids is 1. The maximum atomic E-state index is 11.8. The minimum Gasteiger partial charge on any atom is -0.354 e. The van der Waals surface area contributed by atoms with E-state index in [2.05, 4.69) is 19.2 Å². The maximum Gasteiger partial charge on any atom is 0.236 e. The predicted octanol–water partition coefficient (Wildman–Crippen LogP) is 1.75. The van der Waals surface area contributed by atoms with E-state index >= 15 is 0 Å². The van der Waals surface area contributed by atoms with Crippen LogP contribution >= 0.6 is 12.4 Å². The van der Waals surface area contributed by atoms with Crippen molar-refractivity contribution in [3.8, 4) is 0 Å². The van der Waals surface area contributed by atoms with Gasteiger partial charge in [0.05, 0.1) is 11.8 Å². The zero-order chi connectivity index (χ0) is 16.0. The standard InChI is InChI=1S/C15H30N2O3S.ClH/c1-11(2)13-6-4-12(5-7-13)10-17-15(18)14(16)8-9-21(3,19)20;/h11-14H,4-10,16H2,1-3H3,(H,17,18);1H. The van der Waals surface area contributed by atoms with Crippen LogP contribution in [-0.2, 0) is 14.6 Å². The molecule has 0 aromatic carbocycles. The van der Waals surface area contributed by atoms with E-state index in [9.17, 15) is 13.2 Å². The molecule has 5 nitrogen and oxygen atoms in total. The molecule has 1 rings (SSSR count). The summed E-state index contributed by atoms with van der Waals surface area (Å²) in [6.07, 6.45) is 6.12. The van der Waals surface area contributed by atoms with Gasteiger partial charge >= 0.3 is 0 Å². The summed E-state index contributed by atoms with van der Waals surface area (Å²) in [7, 11) is -3.06. The third kappa shape index (κ3) is 8.34. The Labute approximate surface area is 141 Å². The van der Waals surface area contributed by atoms with E-state index in [1.807, 2.05) is 0 Å². The minimum atomic E-state index is -3.06. The van der Waals surface area contributed by atoms with Crippen LogP contribution in [0.4, 0.5) is 0 Å². The molecule has 1 aliphatic carbocycles. The van der Waals surface area contributed by atoms with Crippen LogP contribution in [0, 0.1) is 17.8 Å². The smallest absolute Gasteiger partial charge is 0.236 e. The van der Waals surface area contributed by atoms with Crippen molar-refractivity contribution in [2.24, 2.45) is 23.5 Å². The van der Waals surface area contributed by atoms with Crippen molar-refractivity contribution in [3.63, 3.8) is 0 Å². The first-order valence-corrected chi connectivity index (χ1v) is 9.96. The lowest BCUT2D eigenvalue weighted by Crippen LogP contribution is -2.43. The van der Waals surface area contributed by atoms with Crippen LogP contribution < -0.4 is 11.1 Å². The topological polar surface area (TPSA) is 89.3 Å². The molecule has 0 saturated heterocycles. The van der Waals surface area contributed by atoms with Gasteiger partial charge in [-0.3, -0.25) is 4.79 Å². The Kier molecular flexibility index (Phi) is 9.58. The van der Waals surface area contributed by atoms with Crippen molar-refractivity contribution in [3.05, 3.63) is 0 Å². The first-order chi connectivity index (χ1) is 9.69. The summed E-state index contributed by atoms with van der Waals surface area (Å²) in [6.45, 7) is 5.21. The van der Waals surface area contributed by atoms with Gasteiger partial charge in [-0.15, -0.1) is 12.4 Å². The van der Waals surface area contributed by atoms with E-state index in [1.165, 1.54) is 12.8 Å². The average molecular weight is 355 g/mol. The van der Waals surface area contributed by atoms with Gasteiger partial charge in [0, 0.05) is 12.8 Å². The molecule has 0 spiro atoms. The maximum absolute atomic E-state index is 11.8. The lowest BCUT2D eigenvalue weighted by atomic mass is 9.77. The number of hydrogen-bond acceptors (Lipinski definition) is 4. The van der Waals surface area contributed by atoms with Gasteiger partial charge in [0.15, 0.2) is 0 Å². The van der Waals surface area contributed by atoms with Gasteiger partial charge in [-0.25, -0.2) is 8.42 Å². The molecule has 7 heteroatoms. The Morgan fingerprint density at radius 3 is 2.23 bits per heavy atom. The van der Waals surface area contributed by atoms with E-state index in [-0.39, 0.29) is 30.5 Å². The third-order valence-electron chi connectivity index (χ3n) is 4.54. The van der Waals surface area contributed by atoms with Gasteiger partial charge in [0.25, 0.3) is 0 Å². The third-order valence-corrected chi connectivity index (χ3v) is 5.51. The number of amides is 1. The quantitative estimate of drug-likeness (QED) is 0.728. The summed E-state index contributed by atoms with van der Waals surface area (Å²) in [5, 5.41) is 2.87. The molecule has 1 unspecified atom stereocenters. The van der Waals surface area contributed by atoms with Crippen LogP contribution in [0.15, 0.2) is 0 Å². The van der Waals surface area contributed by atoms with Gasteiger partial charge in [0.1, 0.15) is 9.84 Å². The lowest BCUT2D eigenvalue weighted by Gasteiger charge is -2.31. The van der Waals surface area contributed by atoms with Crippen molar-refractivity contribution >= 4 is 28.2 Å². The van der Waals surface area contributed by atoms with Crippen LogP contribution in [0.2, 0.25) is 0 Å². The molecule has 132 valence electrons. The molecule has 0 aromatic heterocycles. The zero-order valence-corrected chi connectivity index (χ0v) is 15.5. The number of rotatable bonds is 7. The highest BCUT2D eigenvalue weighted by atomic mass is 35.5. The first-order valence-electron chi connectivity index (χ1n) is 7.90. The largest absolute Gasteiger partial charge is 0.354 e. The van der Waals surface area contributed by atoms with E-state index in [4.69, 9.17) is 5.73 Å². The van der Waals surface area contributed by atoms with Gasteiger partial charge in [0.2, 0.25) is 5.91 Å². The molecule has 0 aromatic rings. The Balaban J connectivity index is 0.00000441. The number of sulfone groups is 1. The Hall–Kier alpha value is -0.330. The SMILES string of the molecule is CC(C)C1CCC(CNC(=O)C(N)CCS(C)(=O)=O)CC1.Cl. The molecule has 22 heavy (non-hydrogen) atoms. The summed E-state index contributed by atoms with van der Waals surface area (Å²) in [4.78, 5) is 11.8. The van der Waals surface area contributed by atoms with Gasteiger partial charge in [-0.05, 0) is 49.9 Å². The second-order valence-electron chi connectivity index (χ2n) is 6.80. The molecule has 0 radical (unpaired) electrons. The van der Waals surface area contributed by atoms with E-state index in [0.717, 1.165) is 30.9 Å². The van der Waals surface area contributed by atoms with Crippen molar-refractivity contribution in [2.45, 2.75) is 52.0 Å². The molecule has 3 N–H and O–H groups in total. The van der Waals surface area contributed by atoms with Gasteiger partial charge in [-0.1, -0.05) is 13.8 Å². The summed E-state index contributed by atoms with van der Waals surface area (Å²) >= 11 is 0. The van der Waals surface area contributed by atoms with Crippen LogP contribution in [0.5, 0.6) is 0 Å². The van der Waals surface area contributed by atoms with Crippen LogP contribution in [0.3, 0.4) is 0 Å². The number of nitrogens with two attached hydrogens (primary N) is 1. The summed E-state index contributed by atoms with van der Waals surface area (Å²) < 4.78 is 22.1. The van der Waals surface area contributed by atoms with Gasteiger partial charge in [-0.2, -0.15) is 0 Å². The van der Waals surface area contributed by atoms with Crippen molar-refractivity contribution < 1.29 is 13.2 Å². The Morgan fingerprint density at radius 1 is 1.23 bits per heavy atom. The van der Waals surface area contributed by atoms with E-state index < -0.39 is 15.9 Å². The fourth-order valence-electron chi connectivity index (χ4n) is 2.91. The minimum absolute atomic E-state index is 0. The molecule has 1 amide bonds. The van der Waals surface area contributed by atoms with Crippen molar-refractivity contribution in [1.29, 1.82) is 0 Å². The molecule has 1 aliphatic rings. The molecule has 0 heterocycles. The molecule has 0 aliphatic heterocycles. The second-order valence-corrected chi connectivity index (χ2v) is 9.05. The highest BCUT2D eigenvalue weighted by Gasteiger charge is 2.24. The zero-order valence-electron chi connectivity index (χ0n) is 13.9. The molecule has 0 bridgehead atoms. The second kappa shape index (κ2) is 9.73. The van der Waals surface area contributed by atoms with Crippen LogP contribution in [0.25, 0.3) is 0 Å². The molecule has 1 atom stereocenters. The van der Waals surface area contributed by atoms with Crippen molar-refractivity contribution in [1.82, 2.24) is 5.32 Å². The summed E-state index contributed by atoms with van der Waals surface area (Å²) in [6, 6.07) is -0.730. The normalized spacial score (nSPS) is 23.7. The molecular formula is C15H31ClN2O3S. The molecule has 1 saturated carbocycles. The van der Waals surface area contributed by atoms with Gasteiger partial charge < -0.3 is 11.1 Å². The van der Waals surface area contributed by atoms with Crippen LogP contribution in [0.1, 0.15) is 46.0 Å². The van der Waals surface area contributed by atoms with E-state index in [1.54, 1.807) is 0 Å². The molecular weight excluding hydrogens is 324 g/mol. The van der Waals surface area contributed by atoms with Crippen LogP contribution in [-0.4, -0.2) is 38.9 Å². The van der Waals surface area contributed by atoms with E-state index in [0.29, 0.717) is 12.5 Å². The summed E-state index contributed by atoms with van der Waals surface area (Å²) in [5.74, 6) is 1.82. The predicted molar refractivity (Wildman–Crippen MR) is 92.8 cm³/mol. The number of carbonyl (C=O) groups is 1. The fraction of sp³-hybridized carbons (Fsp3) is 0.933. The summed E-state index contributed by atoms with van der Waals surface area (Å²) in [5.41, 5.74) is 5.73. The first kappa shape index (κ1) is 21.7. The monoisotopic (exact) mass is 354 g/mol. The average Bonchev–Trinajstić information content (AvgIpc) is 2.41. The number of hydrogen-bond donors (Lipinski definition) is 2. The van der Waals surface area contributed by atoms with Crippen molar-refractivity contribution in [2.75, 3.05) is 18.6 Å². The lowest BCUT2D eigenvalue weighted by molar-refractivity contribution is -0.122. The highest BCUT2D eigenvalue weighted by Crippen LogP contribution is 2.32. The fourth-order valence-corrected chi connectivity index (χ4v) is 3.59. The number of nitrogens with one attached hydrogen (secondary N) is 1. The highest BCUT2D eigenvalue weighted by molar-refractivity contribution is 7.90. The Bertz CT molecular complexity index is 432.